The maximum absolute atomic E-state index is 12.6. The number of aryl methyl sites for hydroxylation is 1. The molecule has 2 heterocycles. The summed E-state index contributed by atoms with van der Waals surface area (Å²) in [6.07, 6.45) is 1.69. The Morgan fingerprint density at radius 3 is 2.59 bits per heavy atom. The highest BCUT2D eigenvalue weighted by atomic mass is 16.5. The lowest BCUT2D eigenvalue weighted by atomic mass is 9.96. The second kappa shape index (κ2) is 10.4. The van der Waals surface area contributed by atoms with Crippen LogP contribution in [0.4, 0.5) is 5.69 Å². The number of para-hydroxylation sites is 1. The van der Waals surface area contributed by atoms with Crippen molar-refractivity contribution < 1.29 is 9.32 Å². The molecule has 32 heavy (non-hydrogen) atoms. The highest BCUT2D eigenvalue weighted by Gasteiger charge is 2.26. The molecule has 1 saturated heterocycles. The fraction of sp³-hybridized carbons (Fsp3) is 0.400. The van der Waals surface area contributed by atoms with E-state index in [9.17, 15) is 4.79 Å². The standard InChI is InChI=1S/C25H31N5O2/c1-19-8-6-7-11-22(19)24-27-23(32-28-24)18-30-15-12-20(13-16-30)25(31)26-14-17-29(2)21-9-4-3-5-10-21/h3-11,20H,12-18H2,1-2H3,(H,26,31). The van der Waals surface area contributed by atoms with Crippen LogP contribution in [0.1, 0.15) is 24.3 Å². The average Bonchev–Trinajstić information content (AvgIpc) is 3.28. The second-order valence-corrected chi connectivity index (χ2v) is 8.43. The molecule has 3 aromatic rings. The summed E-state index contributed by atoms with van der Waals surface area (Å²) in [5.74, 6) is 1.48. The van der Waals surface area contributed by atoms with Crippen LogP contribution in [0, 0.1) is 12.8 Å². The molecule has 0 saturated carbocycles. The van der Waals surface area contributed by atoms with E-state index < -0.39 is 0 Å². The zero-order valence-electron chi connectivity index (χ0n) is 18.8. The van der Waals surface area contributed by atoms with Crippen molar-refractivity contribution in [3.05, 3.63) is 66.1 Å². The fourth-order valence-corrected chi connectivity index (χ4v) is 4.10. The minimum atomic E-state index is 0.0681. The molecule has 1 aromatic heterocycles. The number of carbonyl (C=O) groups excluding carboxylic acids is 1. The van der Waals surface area contributed by atoms with Gasteiger partial charge in [0.2, 0.25) is 17.6 Å². The number of amides is 1. The number of hydrogen-bond donors (Lipinski definition) is 1. The minimum absolute atomic E-state index is 0.0681. The maximum atomic E-state index is 12.6. The Morgan fingerprint density at radius 1 is 1.12 bits per heavy atom. The molecule has 7 heteroatoms. The van der Waals surface area contributed by atoms with Gasteiger partial charge in [-0.2, -0.15) is 4.98 Å². The number of aromatic nitrogens is 2. The predicted molar refractivity (Wildman–Crippen MR) is 125 cm³/mol. The zero-order chi connectivity index (χ0) is 22.3. The molecular formula is C25H31N5O2. The number of hydrogen-bond acceptors (Lipinski definition) is 6. The van der Waals surface area contributed by atoms with E-state index in [2.05, 4.69) is 37.4 Å². The number of nitrogens with zero attached hydrogens (tertiary/aromatic N) is 4. The molecule has 0 bridgehead atoms. The maximum Gasteiger partial charge on any atom is 0.241 e. The SMILES string of the molecule is Cc1ccccc1-c1noc(CN2CCC(C(=O)NCCN(C)c3ccccc3)CC2)n1. The molecule has 7 nitrogen and oxygen atoms in total. The van der Waals surface area contributed by atoms with Crippen LogP contribution >= 0.6 is 0 Å². The first-order valence-corrected chi connectivity index (χ1v) is 11.2. The van der Waals surface area contributed by atoms with Crippen molar-refractivity contribution in [2.24, 2.45) is 5.92 Å². The second-order valence-electron chi connectivity index (χ2n) is 8.43. The summed E-state index contributed by atoms with van der Waals surface area (Å²) in [7, 11) is 2.04. The Balaban J connectivity index is 1.20. The van der Waals surface area contributed by atoms with Crippen molar-refractivity contribution in [3.8, 4) is 11.4 Å². The van der Waals surface area contributed by atoms with E-state index in [0.29, 0.717) is 24.8 Å². The van der Waals surface area contributed by atoms with Crippen LogP contribution in [0.3, 0.4) is 0 Å². The van der Waals surface area contributed by atoms with Gasteiger partial charge in [0.1, 0.15) is 0 Å². The average molecular weight is 434 g/mol. The van der Waals surface area contributed by atoms with Gasteiger partial charge in [-0.25, -0.2) is 0 Å². The van der Waals surface area contributed by atoms with Gasteiger partial charge in [-0.15, -0.1) is 0 Å². The highest BCUT2D eigenvalue weighted by Crippen LogP contribution is 2.22. The summed E-state index contributed by atoms with van der Waals surface area (Å²) in [6.45, 7) is 5.80. The van der Waals surface area contributed by atoms with Gasteiger partial charge < -0.3 is 14.7 Å². The van der Waals surface area contributed by atoms with Crippen LogP contribution in [0.2, 0.25) is 0 Å². The van der Waals surface area contributed by atoms with Crippen LogP contribution < -0.4 is 10.2 Å². The lowest BCUT2D eigenvalue weighted by Crippen LogP contribution is -2.42. The van der Waals surface area contributed by atoms with Crippen molar-refractivity contribution in [3.63, 3.8) is 0 Å². The van der Waals surface area contributed by atoms with Crippen LogP contribution in [-0.4, -0.2) is 54.2 Å². The van der Waals surface area contributed by atoms with E-state index in [1.165, 1.54) is 0 Å². The van der Waals surface area contributed by atoms with Crippen molar-refractivity contribution >= 4 is 11.6 Å². The van der Waals surface area contributed by atoms with Crippen molar-refractivity contribution in [2.45, 2.75) is 26.3 Å². The first-order chi connectivity index (χ1) is 15.6. The quantitative estimate of drug-likeness (QED) is 0.586. The van der Waals surface area contributed by atoms with Gasteiger partial charge in [-0.1, -0.05) is 47.6 Å². The Hall–Kier alpha value is -3.19. The number of benzene rings is 2. The smallest absolute Gasteiger partial charge is 0.241 e. The fourth-order valence-electron chi connectivity index (χ4n) is 4.10. The number of anilines is 1. The molecule has 1 amide bonds. The number of piperidine rings is 1. The van der Waals surface area contributed by atoms with Crippen molar-refractivity contribution in [1.82, 2.24) is 20.4 Å². The molecular weight excluding hydrogens is 402 g/mol. The molecule has 168 valence electrons. The lowest BCUT2D eigenvalue weighted by molar-refractivity contribution is -0.126. The lowest BCUT2D eigenvalue weighted by Gasteiger charge is -2.30. The number of likely N-dealkylation sites (tertiary alicyclic amines) is 1. The van der Waals surface area contributed by atoms with Gasteiger partial charge in [0.25, 0.3) is 0 Å². The predicted octanol–water partition coefficient (Wildman–Crippen LogP) is 3.51. The largest absolute Gasteiger partial charge is 0.373 e. The van der Waals surface area contributed by atoms with Gasteiger partial charge in [0.15, 0.2) is 0 Å². The summed E-state index contributed by atoms with van der Waals surface area (Å²) in [6, 6.07) is 18.2. The van der Waals surface area contributed by atoms with E-state index in [4.69, 9.17) is 4.52 Å². The third kappa shape index (κ3) is 5.53. The van der Waals surface area contributed by atoms with E-state index >= 15 is 0 Å². The van der Waals surface area contributed by atoms with Gasteiger partial charge in [0.05, 0.1) is 6.54 Å². The van der Waals surface area contributed by atoms with Crippen LogP contribution in [0.5, 0.6) is 0 Å². The molecule has 0 unspecified atom stereocenters. The Kier molecular flexibility index (Phi) is 7.17. The van der Waals surface area contributed by atoms with Crippen LogP contribution in [-0.2, 0) is 11.3 Å². The minimum Gasteiger partial charge on any atom is -0.373 e. The molecule has 4 rings (SSSR count). The third-order valence-corrected chi connectivity index (χ3v) is 6.11. The van der Waals surface area contributed by atoms with Gasteiger partial charge in [-0.3, -0.25) is 9.69 Å². The monoisotopic (exact) mass is 433 g/mol. The van der Waals surface area contributed by atoms with E-state index in [0.717, 1.165) is 49.3 Å². The van der Waals surface area contributed by atoms with Crippen LogP contribution in [0.15, 0.2) is 59.1 Å². The van der Waals surface area contributed by atoms with E-state index in [-0.39, 0.29) is 11.8 Å². The number of carbonyl (C=O) groups is 1. The topological polar surface area (TPSA) is 74.5 Å². The summed E-state index contributed by atoms with van der Waals surface area (Å²) >= 11 is 0. The summed E-state index contributed by atoms with van der Waals surface area (Å²) in [5, 5.41) is 7.25. The molecule has 0 radical (unpaired) electrons. The molecule has 1 fully saturated rings. The molecule has 0 spiro atoms. The number of nitrogens with one attached hydrogen (secondary N) is 1. The molecule has 1 N–H and O–H groups in total. The zero-order valence-corrected chi connectivity index (χ0v) is 18.8. The number of likely N-dealkylation sites (N-methyl/N-ethyl adjacent to an activating group) is 1. The summed E-state index contributed by atoms with van der Waals surface area (Å²) in [5.41, 5.74) is 3.28. The van der Waals surface area contributed by atoms with Gasteiger partial charge >= 0.3 is 0 Å². The molecule has 2 aromatic carbocycles. The molecule has 0 aliphatic carbocycles. The van der Waals surface area contributed by atoms with Crippen molar-refractivity contribution in [1.29, 1.82) is 0 Å². The van der Waals surface area contributed by atoms with Crippen LogP contribution in [0.25, 0.3) is 11.4 Å². The van der Waals surface area contributed by atoms with Crippen molar-refractivity contribution in [2.75, 3.05) is 38.1 Å². The molecule has 1 aliphatic heterocycles. The Labute approximate surface area is 189 Å². The number of rotatable bonds is 8. The van der Waals surface area contributed by atoms with Gasteiger partial charge in [-0.05, 0) is 50.6 Å². The van der Waals surface area contributed by atoms with Gasteiger partial charge in [0, 0.05) is 37.3 Å². The third-order valence-electron chi connectivity index (χ3n) is 6.11. The Bertz CT molecular complexity index is 1010. The normalized spacial score (nSPS) is 14.9. The first-order valence-electron chi connectivity index (χ1n) is 11.2. The Morgan fingerprint density at radius 2 is 1.84 bits per heavy atom. The van der Waals surface area contributed by atoms with E-state index in [1.54, 1.807) is 0 Å². The summed E-state index contributed by atoms with van der Waals surface area (Å²) < 4.78 is 5.48. The summed E-state index contributed by atoms with van der Waals surface area (Å²) in [4.78, 5) is 21.6. The first kappa shape index (κ1) is 22.0. The highest BCUT2D eigenvalue weighted by molar-refractivity contribution is 5.78. The molecule has 1 aliphatic rings. The molecule has 0 atom stereocenters. The van der Waals surface area contributed by atoms with E-state index in [1.807, 2.05) is 56.4 Å².